The molecule has 1 aliphatic rings. The van der Waals surface area contributed by atoms with Crippen molar-refractivity contribution in [3.63, 3.8) is 0 Å². The summed E-state index contributed by atoms with van der Waals surface area (Å²) in [7, 11) is 0. The average Bonchev–Trinajstić information content (AvgIpc) is 3.18. The van der Waals surface area contributed by atoms with Crippen LogP contribution in [0.15, 0.2) is 66.7 Å². The minimum atomic E-state index is -0.309. The number of rotatable bonds is 5. The van der Waals surface area contributed by atoms with Crippen molar-refractivity contribution in [1.82, 2.24) is 16.5 Å². The molecule has 3 N–H and O–H groups in total. The molecule has 29 heavy (non-hydrogen) atoms. The Morgan fingerprint density at radius 3 is 2.62 bits per heavy atom. The van der Waals surface area contributed by atoms with Gasteiger partial charge in [-0.3, -0.25) is 5.43 Å². The van der Waals surface area contributed by atoms with Gasteiger partial charge in [0, 0.05) is 5.56 Å². The Morgan fingerprint density at radius 1 is 1.07 bits per heavy atom. The SMILES string of the molecule is Cc1cccc(N2NNNC2=O)c1COc1ccc(-c2ccccc2)c(C#N)c1. The van der Waals surface area contributed by atoms with Crippen LogP contribution in [-0.2, 0) is 6.61 Å². The van der Waals surface area contributed by atoms with Crippen LogP contribution in [-0.4, -0.2) is 6.03 Å². The van der Waals surface area contributed by atoms with Crippen LogP contribution in [0.5, 0.6) is 5.75 Å². The molecule has 1 fully saturated rings. The molecular formula is C22H19N5O2. The van der Waals surface area contributed by atoms with E-state index in [-0.39, 0.29) is 12.6 Å². The van der Waals surface area contributed by atoms with Gasteiger partial charge < -0.3 is 4.74 Å². The predicted octanol–water partition coefficient (Wildman–Crippen LogP) is 3.57. The van der Waals surface area contributed by atoms with E-state index in [1.165, 1.54) is 5.01 Å². The Labute approximate surface area is 168 Å². The number of hydrogen-bond donors (Lipinski definition) is 3. The minimum Gasteiger partial charge on any atom is -0.489 e. The van der Waals surface area contributed by atoms with E-state index in [9.17, 15) is 10.1 Å². The first-order valence-corrected chi connectivity index (χ1v) is 9.09. The molecule has 0 aromatic heterocycles. The topological polar surface area (TPSA) is 89.4 Å². The van der Waals surface area contributed by atoms with Gasteiger partial charge in [0.15, 0.2) is 0 Å². The fourth-order valence-electron chi connectivity index (χ4n) is 3.23. The molecule has 144 valence electrons. The van der Waals surface area contributed by atoms with Crippen molar-refractivity contribution in [3.05, 3.63) is 83.4 Å². The number of amides is 2. The molecule has 0 radical (unpaired) electrons. The molecule has 0 unspecified atom stereocenters. The zero-order valence-electron chi connectivity index (χ0n) is 15.8. The van der Waals surface area contributed by atoms with Crippen molar-refractivity contribution in [1.29, 1.82) is 5.26 Å². The summed E-state index contributed by atoms with van der Waals surface area (Å²) >= 11 is 0. The number of aryl methyl sites for hydroxylation is 1. The van der Waals surface area contributed by atoms with E-state index in [0.29, 0.717) is 17.0 Å². The summed E-state index contributed by atoms with van der Waals surface area (Å²) in [4.78, 5) is 12.0. The maximum atomic E-state index is 12.0. The van der Waals surface area contributed by atoms with E-state index in [2.05, 4.69) is 22.6 Å². The fraction of sp³-hybridized carbons (Fsp3) is 0.0909. The second kappa shape index (κ2) is 8.02. The molecular weight excluding hydrogens is 366 g/mol. The molecule has 0 aliphatic carbocycles. The standard InChI is InChI=1S/C22H19N5O2/c1-15-6-5-9-21(27-22(28)24-25-26-27)20(15)14-29-18-10-11-19(17(12-18)13-23)16-7-3-2-4-8-16/h2-12,25-26H,14H2,1H3,(H,24,28). The molecule has 1 heterocycles. The second-order valence-electron chi connectivity index (χ2n) is 6.55. The first kappa shape index (κ1) is 18.5. The predicted molar refractivity (Wildman–Crippen MR) is 109 cm³/mol. The van der Waals surface area contributed by atoms with Gasteiger partial charge in [-0.05, 0) is 47.9 Å². The molecule has 0 bridgehead atoms. The van der Waals surface area contributed by atoms with Crippen molar-refractivity contribution >= 4 is 11.7 Å². The van der Waals surface area contributed by atoms with Gasteiger partial charge in [-0.15, -0.1) is 11.1 Å². The highest BCUT2D eigenvalue weighted by Gasteiger charge is 2.24. The van der Waals surface area contributed by atoms with Crippen LogP contribution in [0.1, 0.15) is 16.7 Å². The Hall–Kier alpha value is -3.86. The van der Waals surface area contributed by atoms with Crippen molar-refractivity contribution in [2.45, 2.75) is 13.5 Å². The maximum Gasteiger partial charge on any atom is 0.353 e. The summed E-state index contributed by atoms with van der Waals surface area (Å²) in [5.41, 5.74) is 12.7. The summed E-state index contributed by atoms with van der Waals surface area (Å²) in [6.45, 7) is 2.21. The largest absolute Gasteiger partial charge is 0.489 e. The second-order valence-corrected chi connectivity index (χ2v) is 6.55. The van der Waals surface area contributed by atoms with E-state index in [4.69, 9.17) is 4.74 Å². The highest BCUT2D eigenvalue weighted by atomic mass is 16.5. The van der Waals surface area contributed by atoms with Gasteiger partial charge in [-0.2, -0.15) is 5.26 Å². The van der Waals surface area contributed by atoms with Crippen LogP contribution < -0.4 is 26.2 Å². The van der Waals surface area contributed by atoms with Crippen LogP contribution in [0, 0.1) is 18.3 Å². The molecule has 2 amide bonds. The molecule has 7 nitrogen and oxygen atoms in total. The fourth-order valence-corrected chi connectivity index (χ4v) is 3.23. The summed E-state index contributed by atoms with van der Waals surface area (Å²) < 4.78 is 5.98. The van der Waals surface area contributed by atoms with Crippen molar-refractivity contribution in [3.8, 4) is 22.9 Å². The van der Waals surface area contributed by atoms with E-state index in [0.717, 1.165) is 22.3 Å². The zero-order valence-corrected chi connectivity index (χ0v) is 15.8. The Bertz CT molecular complexity index is 1090. The summed E-state index contributed by atoms with van der Waals surface area (Å²) in [5.74, 6) is 0.590. The number of hydrogen-bond acceptors (Lipinski definition) is 5. The molecule has 3 aromatic rings. The Balaban J connectivity index is 1.59. The lowest BCUT2D eigenvalue weighted by Gasteiger charge is -2.19. The van der Waals surface area contributed by atoms with Gasteiger partial charge >= 0.3 is 6.03 Å². The molecule has 0 spiro atoms. The number of nitriles is 1. The van der Waals surface area contributed by atoms with Crippen LogP contribution in [0.25, 0.3) is 11.1 Å². The normalized spacial score (nSPS) is 13.1. The molecule has 0 saturated carbocycles. The number of nitrogens with zero attached hydrogens (tertiary/aromatic N) is 2. The van der Waals surface area contributed by atoms with Gasteiger partial charge in [0.05, 0.1) is 17.3 Å². The van der Waals surface area contributed by atoms with Gasteiger partial charge in [0.1, 0.15) is 12.4 Å². The lowest BCUT2D eigenvalue weighted by atomic mass is 10.0. The van der Waals surface area contributed by atoms with E-state index in [1.807, 2.05) is 67.6 Å². The summed E-state index contributed by atoms with van der Waals surface area (Å²) in [5, 5.41) is 11.0. The number of carbonyl (C=O) groups excluding carboxylic acids is 1. The zero-order chi connectivity index (χ0) is 20.2. The molecule has 4 rings (SSSR count). The lowest BCUT2D eigenvalue weighted by Crippen LogP contribution is -2.38. The van der Waals surface area contributed by atoms with E-state index >= 15 is 0 Å². The van der Waals surface area contributed by atoms with Crippen LogP contribution in [0.4, 0.5) is 10.5 Å². The number of hydrazine groups is 3. The molecule has 3 aromatic carbocycles. The highest BCUT2D eigenvalue weighted by Crippen LogP contribution is 2.29. The Morgan fingerprint density at radius 2 is 1.90 bits per heavy atom. The first-order chi connectivity index (χ1) is 14.2. The summed E-state index contributed by atoms with van der Waals surface area (Å²) in [6, 6.07) is 22.9. The van der Waals surface area contributed by atoms with Gasteiger partial charge in [-0.1, -0.05) is 42.5 Å². The third-order valence-electron chi connectivity index (χ3n) is 4.75. The van der Waals surface area contributed by atoms with Crippen LogP contribution >= 0.6 is 0 Å². The number of benzene rings is 3. The van der Waals surface area contributed by atoms with Gasteiger partial charge in [0.25, 0.3) is 0 Å². The van der Waals surface area contributed by atoms with Crippen LogP contribution in [0.2, 0.25) is 0 Å². The number of nitrogens with one attached hydrogen (secondary N) is 3. The number of carbonyl (C=O) groups is 1. The lowest BCUT2D eigenvalue weighted by molar-refractivity contribution is 0.250. The van der Waals surface area contributed by atoms with Crippen molar-refractivity contribution in [2.75, 3.05) is 5.01 Å². The minimum absolute atomic E-state index is 0.253. The first-order valence-electron chi connectivity index (χ1n) is 9.09. The Kier molecular flexibility index (Phi) is 5.12. The maximum absolute atomic E-state index is 12.0. The molecule has 1 aliphatic heterocycles. The monoisotopic (exact) mass is 385 g/mol. The smallest absolute Gasteiger partial charge is 0.353 e. The highest BCUT2D eigenvalue weighted by molar-refractivity contribution is 5.93. The van der Waals surface area contributed by atoms with Gasteiger partial charge in [-0.25, -0.2) is 9.80 Å². The van der Waals surface area contributed by atoms with Crippen molar-refractivity contribution in [2.24, 2.45) is 0 Å². The van der Waals surface area contributed by atoms with Crippen molar-refractivity contribution < 1.29 is 9.53 Å². The summed E-state index contributed by atoms with van der Waals surface area (Å²) in [6.07, 6.45) is 0. The third-order valence-corrected chi connectivity index (χ3v) is 4.75. The third kappa shape index (κ3) is 3.75. The molecule has 0 atom stereocenters. The number of urea groups is 1. The van der Waals surface area contributed by atoms with E-state index in [1.54, 1.807) is 6.07 Å². The van der Waals surface area contributed by atoms with E-state index < -0.39 is 0 Å². The number of anilines is 1. The average molecular weight is 385 g/mol. The van der Waals surface area contributed by atoms with Gasteiger partial charge in [0.2, 0.25) is 0 Å². The molecule has 7 heteroatoms. The quantitative estimate of drug-likeness (QED) is 0.625. The number of ether oxygens (including phenoxy) is 1. The molecule has 1 saturated heterocycles. The van der Waals surface area contributed by atoms with Crippen LogP contribution in [0.3, 0.4) is 0 Å².